The summed E-state index contributed by atoms with van der Waals surface area (Å²) in [7, 11) is 0. The second kappa shape index (κ2) is 5.65. The second-order valence-corrected chi connectivity index (χ2v) is 6.18. The van der Waals surface area contributed by atoms with Crippen molar-refractivity contribution >= 4 is 5.78 Å². The zero-order valence-corrected chi connectivity index (χ0v) is 11.3. The zero-order valence-electron chi connectivity index (χ0n) is 11.3. The molecule has 0 saturated heterocycles. The number of ketones is 1. The third-order valence-electron chi connectivity index (χ3n) is 3.81. The number of carbonyl (C=O) groups is 1. The molecule has 1 aliphatic rings. The molecule has 0 aromatic rings. The first-order chi connectivity index (χ1) is 7.41. The molecule has 0 unspecified atom stereocenters. The van der Waals surface area contributed by atoms with Crippen LogP contribution in [0.4, 0.5) is 0 Å². The molecule has 0 aliphatic heterocycles. The van der Waals surface area contributed by atoms with Crippen molar-refractivity contribution in [1.29, 1.82) is 0 Å². The van der Waals surface area contributed by atoms with Crippen LogP contribution in [-0.4, -0.2) is 5.78 Å². The van der Waals surface area contributed by atoms with E-state index in [1.807, 2.05) is 0 Å². The van der Waals surface area contributed by atoms with Crippen molar-refractivity contribution < 1.29 is 4.79 Å². The molecule has 0 saturated carbocycles. The molecule has 1 rings (SSSR count). The van der Waals surface area contributed by atoms with Gasteiger partial charge in [0.2, 0.25) is 0 Å². The van der Waals surface area contributed by atoms with Crippen LogP contribution < -0.4 is 0 Å². The summed E-state index contributed by atoms with van der Waals surface area (Å²) in [6.07, 6.45) is 8.66. The maximum absolute atomic E-state index is 11.9. The van der Waals surface area contributed by atoms with Gasteiger partial charge in [0.15, 0.2) is 0 Å². The highest BCUT2D eigenvalue weighted by Crippen LogP contribution is 2.30. The number of Topliss-reactive ketones (excluding diaryl/α,β-unsaturated/α-hetero) is 1. The zero-order chi connectivity index (χ0) is 12.2. The van der Waals surface area contributed by atoms with Gasteiger partial charge in [0.05, 0.1) is 0 Å². The number of allylic oxidation sites excluding steroid dienone is 2. The largest absolute Gasteiger partial charge is 0.299 e. The Balaban J connectivity index is 2.70. The average molecular weight is 222 g/mol. The minimum absolute atomic E-state index is 0.265. The molecule has 0 amide bonds. The molecule has 1 heteroatoms. The van der Waals surface area contributed by atoms with Gasteiger partial charge in [-0.15, -0.1) is 0 Å². The van der Waals surface area contributed by atoms with Crippen LogP contribution in [0.25, 0.3) is 0 Å². The van der Waals surface area contributed by atoms with Gasteiger partial charge in [-0.1, -0.05) is 32.4 Å². The minimum atomic E-state index is 0.265. The van der Waals surface area contributed by atoms with Crippen molar-refractivity contribution in [3.8, 4) is 0 Å². The highest BCUT2D eigenvalue weighted by atomic mass is 16.1. The number of hydrogen-bond donors (Lipinski definition) is 0. The molecule has 0 spiro atoms. The van der Waals surface area contributed by atoms with Gasteiger partial charge >= 0.3 is 0 Å². The molecule has 0 fully saturated rings. The van der Waals surface area contributed by atoms with E-state index in [1.165, 1.54) is 5.57 Å². The van der Waals surface area contributed by atoms with Crippen LogP contribution in [-0.2, 0) is 4.79 Å². The number of hydrogen-bond acceptors (Lipinski definition) is 1. The van der Waals surface area contributed by atoms with E-state index in [2.05, 4.69) is 33.8 Å². The molecule has 16 heavy (non-hydrogen) atoms. The van der Waals surface area contributed by atoms with Gasteiger partial charge in [-0.2, -0.15) is 0 Å². The predicted octanol–water partition coefficient (Wildman–Crippen LogP) is 4.52. The lowest BCUT2D eigenvalue weighted by Gasteiger charge is -2.23. The summed E-state index contributed by atoms with van der Waals surface area (Å²) in [4.78, 5) is 11.9. The van der Waals surface area contributed by atoms with Crippen LogP contribution >= 0.6 is 0 Å². The lowest BCUT2D eigenvalue weighted by molar-refractivity contribution is -0.123. The fourth-order valence-corrected chi connectivity index (χ4v) is 2.21. The van der Waals surface area contributed by atoms with E-state index in [0.29, 0.717) is 5.78 Å². The molecule has 0 N–H and O–H groups in total. The van der Waals surface area contributed by atoms with Crippen molar-refractivity contribution in [1.82, 2.24) is 0 Å². The van der Waals surface area contributed by atoms with E-state index >= 15 is 0 Å². The van der Waals surface area contributed by atoms with Gasteiger partial charge in [0.1, 0.15) is 5.78 Å². The Morgan fingerprint density at radius 1 is 1.31 bits per heavy atom. The van der Waals surface area contributed by atoms with Crippen molar-refractivity contribution in [2.75, 3.05) is 0 Å². The van der Waals surface area contributed by atoms with Crippen molar-refractivity contribution in [3.63, 3.8) is 0 Å². The van der Waals surface area contributed by atoms with Crippen molar-refractivity contribution in [3.05, 3.63) is 11.6 Å². The van der Waals surface area contributed by atoms with E-state index in [0.717, 1.165) is 38.5 Å². The lowest BCUT2D eigenvalue weighted by atomic mass is 9.82. The van der Waals surface area contributed by atoms with Crippen LogP contribution in [0.15, 0.2) is 11.6 Å². The third kappa shape index (κ3) is 4.51. The van der Waals surface area contributed by atoms with E-state index < -0.39 is 0 Å². The molecule has 92 valence electrons. The fourth-order valence-electron chi connectivity index (χ4n) is 2.21. The van der Waals surface area contributed by atoms with E-state index in [4.69, 9.17) is 0 Å². The van der Waals surface area contributed by atoms with Crippen LogP contribution in [0.1, 0.15) is 66.2 Å². The third-order valence-corrected chi connectivity index (χ3v) is 3.81. The van der Waals surface area contributed by atoms with Crippen molar-refractivity contribution in [2.24, 2.45) is 11.3 Å². The molecule has 1 atom stereocenters. The van der Waals surface area contributed by atoms with Crippen LogP contribution in [0.3, 0.4) is 0 Å². The van der Waals surface area contributed by atoms with Crippen molar-refractivity contribution in [2.45, 2.75) is 66.2 Å². The predicted molar refractivity (Wildman–Crippen MR) is 69.4 cm³/mol. The van der Waals surface area contributed by atoms with Gasteiger partial charge in [0.25, 0.3) is 0 Å². The molecule has 0 heterocycles. The molecule has 0 aromatic heterocycles. The summed E-state index contributed by atoms with van der Waals surface area (Å²) in [6.45, 7) is 8.85. The van der Waals surface area contributed by atoms with Crippen LogP contribution in [0, 0.1) is 11.3 Å². The fraction of sp³-hybridized carbons (Fsp3) is 0.800. The summed E-state index contributed by atoms with van der Waals surface area (Å²) < 4.78 is 0. The quantitative estimate of drug-likeness (QED) is 0.551. The van der Waals surface area contributed by atoms with Crippen LogP contribution in [0.5, 0.6) is 0 Å². The molecule has 1 aliphatic carbocycles. The Bertz CT molecular complexity index is 273. The first kappa shape index (κ1) is 13.5. The summed E-state index contributed by atoms with van der Waals surface area (Å²) in [6, 6.07) is 0. The molecule has 0 bridgehead atoms. The normalized spacial score (nSPS) is 31.4. The molecule has 1 nitrogen and oxygen atoms in total. The van der Waals surface area contributed by atoms with Gasteiger partial charge in [-0.25, -0.2) is 0 Å². The topological polar surface area (TPSA) is 17.1 Å². The summed E-state index contributed by atoms with van der Waals surface area (Å²) in [5, 5.41) is 0. The smallest absolute Gasteiger partial charge is 0.135 e. The van der Waals surface area contributed by atoms with Gasteiger partial charge in [0, 0.05) is 12.3 Å². The number of rotatable bonds is 0. The minimum Gasteiger partial charge on any atom is -0.299 e. The van der Waals surface area contributed by atoms with Gasteiger partial charge in [-0.3, -0.25) is 4.79 Å². The van der Waals surface area contributed by atoms with E-state index in [-0.39, 0.29) is 11.3 Å². The summed E-state index contributed by atoms with van der Waals surface area (Å²) in [5.74, 6) is 0.731. The monoisotopic (exact) mass is 222 g/mol. The average Bonchev–Trinajstić information content (AvgIpc) is 2.23. The Morgan fingerprint density at radius 3 is 2.69 bits per heavy atom. The standard InChI is InChI=1S/C15H26O/c1-12-6-5-7-13(2)14(16)9-11-15(3,4)10-8-12/h8,13H,5-7,9-11H2,1-4H3/b12-8+/t13-/m1/s1. The SMILES string of the molecule is C/C1=C\CC(C)(C)CCC(=O)[C@H](C)CCC1. The Morgan fingerprint density at radius 2 is 2.00 bits per heavy atom. The highest BCUT2D eigenvalue weighted by molar-refractivity contribution is 5.80. The highest BCUT2D eigenvalue weighted by Gasteiger charge is 2.21. The second-order valence-electron chi connectivity index (χ2n) is 6.18. The summed E-state index contributed by atoms with van der Waals surface area (Å²) >= 11 is 0. The molecular formula is C15H26O. The lowest BCUT2D eigenvalue weighted by Crippen LogP contribution is -2.16. The number of carbonyl (C=O) groups excluding carboxylic acids is 1. The molecule has 0 aromatic carbocycles. The Kier molecular flexibility index (Phi) is 4.76. The Hall–Kier alpha value is -0.590. The summed E-state index contributed by atoms with van der Waals surface area (Å²) in [5.41, 5.74) is 1.77. The van der Waals surface area contributed by atoms with E-state index in [1.54, 1.807) is 0 Å². The first-order valence-electron chi connectivity index (χ1n) is 6.59. The van der Waals surface area contributed by atoms with E-state index in [9.17, 15) is 4.79 Å². The van der Waals surface area contributed by atoms with Gasteiger partial charge < -0.3 is 0 Å². The maximum Gasteiger partial charge on any atom is 0.135 e. The molecular weight excluding hydrogens is 196 g/mol. The van der Waals surface area contributed by atoms with Crippen LogP contribution in [0.2, 0.25) is 0 Å². The maximum atomic E-state index is 11.9. The first-order valence-corrected chi connectivity index (χ1v) is 6.59. The Labute approximate surface area is 100 Å². The van der Waals surface area contributed by atoms with Gasteiger partial charge in [-0.05, 0) is 44.4 Å². The molecule has 0 radical (unpaired) electrons.